The molecular formula is C14H16ClF2N3O. The molecule has 2 aromatic rings. The van der Waals surface area contributed by atoms with Gasteiger partial charge >= 0.3 is 0 Å². The maximum absolute atomic E-state index is 13.8. The van der Waals surface area contributed by atoms with Crippen LogP contribution in [-0.4, -0.2) is 22.5 Å². The van der Waals surface area contributed by atoms with Crippen LogP contribution in [-0.2, 0) is 17.2 Å². The van der Waals surface area contributed by atoms with E-state index < -0.39 is 17.0 Å². The summed E-state index contributed by atoms with van der Waals surface area (Å²) in [6.45, 7) is 3.70. The van der Waals surface area contributed by atoms with Gasteiger partial charge in [0.15, 0.2) is 5.82 Å². The van der Waals surface area contributed by atoms with E-state index in [0.29, 0.717) is 11.3 Å². The number of imidazole rings is 1. The van der Waals surface area contributed by atoms with E-state index in [1.54, 1.807) is 18.4 Å². The second kappa shape index (κ2) is 5.60. The minimum atomic E-state index is -0.772. The van der Waals surface area contributed by atoms with Crippen LogP contribution in [0.15, 0.2) is 12.1 Å². The molecule has 1 heterocycles. The van der Waals surface area contributed by atoms with Crippen LogP contribution in [0.25, 0.3) is 11.0 Å². The monoisotopic (exact) mass is 315 g/mol. The summed E-state index contributed by atoms with van der Waals surface area (Å²) in [6.07, 6.45) is 0. The Bertz CT molecular complexity index is 697. The average molecular weight is 316 g/mol. The molecule has 2 rings (SSSR count). The summed E-state index contributed by atoms with van der Waals surface area (Å²) < 4.78 is 28.8. The zero-order chi connectivity index (χ0) is 15.8. The molecule has 0 aliphatic rings. The van der Waals surface area contributed by atoms with Crippen molar-refractivity contribution in [1.82, 2.24) is 14.9 Å². The first kappa shape index (κ1) is 15.7. The second-order valence-corrected chi connectivity index (χ2v) is 5.73. The second-order valence-electron chi connectivity index (χ2n) is 5.47. The van der Waals surface area contributed by atoms with E-state index in [4.69, 9.17) is 11.6 Å². The third-order valence-electron chi connectivity index (χ3n) is 3.37. The number of halogens is 3. The van der Waals surface area contributed by atoms with Gasteiger partial charge in [-0.05, 0) is 19.9 Å². The van der Waals surface area contributed by atoms with Gasteiger partial charge in [-0.2, -0.15) is 0 Å². The average Bonchev–Trinajstić information content (AvgIpc) is 2.75. The van der Waals surface area contributed by atoms with Gasteiger partial charge in [-0.3, -0.25) is 4.79 Å². The molecule has 21 heavy (non-hydrogen) atoms. The molecule has 1 amide bonds. The van der Waals surface area contributed by atoms with E-state index in [9.17, 15) is 13.6 Å². The largest absolute Gasteiger partial charge is 0.359 e. The lowest BCUT2D eigenvalue weighted by atomic mass is 9.92. The molecule has 1 N–H and O–H groups in total. The lowest BCUT2D eigenvalue weighted by Crippen LogP contribution is -2.38. The molecule has 7 heteroatoms. The molecule has 0 unspecified atom stereocenters. The number of amides is 1. The van der Waals surface area contributed by atoms with Crippen molar-refractivity contribution in [1.29, 1.82) is 0 Å². The number of alkyl halides is 1. The molecule has 0 radical (unpaired) electrons. The summed E-state index contributed by atoms with van der Waals surface area (Å²) in [5.41, 5.74) is -0.425. The Morgan fingerprint density at radius 1 is 1.43 bits per heavy atom. The predicted octanol–water partition coefficient (Wildman–Crippen LogP) is 2.83. The summed E-state index contributed by atoms with van der Waals surface area (Å²) in [5.74, 6) is -1.18. The highest BCUT2D eigenvalue weighted by atomic mass is 35.5. The summed E-state index contributed by atoms with van der Waals surface area (Å²) in [4.78, 5) is 16.0. The summed E-state index contributed by atoms with van der Waals surface area (Å²) in [5, 5.41) is 2.57. The topological polar surface area (TPSA) is 46.9 Å². The zero-order valence-electron chi connectivity index (χ0n) is 12.0. The van der Waals surface area contributed by atoms with Crippen molar-refractivity contribution in [3.8, 4) is 0 Å². The maximum atomic E-state index is 13.8. The smallest absolute Gasteiger partial charge is 0.227 e. The van der Waals surface area contributed by atoms with Gasteiger partial charge in [0.25, 0.3) is 0 Å². The molecule has 1 aromatic heterocycles. The van der Waals surface area contributed by atoms with Crippen molar-refractivity contribution >= 4 is 28.5 Å². The fourth-order valence-corrected chi connectivity index (χ4v) is 2.49. The summed E-state index contributed by atoms with van der Waals surface area (Å²) >= 11 is 5.84. The van der Waals surface area contributed by atoms with Crippen LogP contribution in [0.3, 0.4) is 0 Å². The van der Waals surface area contributed by atoms with Gasteiger partial charge < -0.3 is 9.88 Å². The van der Waals surface area contributed by atoms with Crippen LogP contribution in [0.1, 0.15) is 19.7 Å². The van der Waals surface area contributed by atoms with E-state index in [1.807, 2.05) is 0 Å². The van der Waals surface area contributed by atoms with E-state index in [1.165, 1.54) is 13.1 Å². The number of rotatable bonds is 4. The Balaban J connectivity index is 2.59. The fraction of sp³-hybridized carbons (Fsp3) is 0.429. The third-order valence-corrected chi connectivity index (χ3v) is 3.60. The van der Waals surface area contributed by atoms with Gasteiger partial charge in [0.2, 0.25) is 5.91 Å². The van der Waals surface area contributed by atoms with Crippen LogP contribution < -0.4 is 5.32 Å². The molecule has 0 saturated heterocycles. The van der Waals surface area contributed by atoms with Crippen LogP contribution in [0.5, 0.6) is 0 Å². The van der Waals surface area contributed by atoms with Crippen LogP contribution in [0.2, 0.25) is 0 Å². The maximum Gasteiger partial charge on any atom is 0.227 e. The summed E-state index contributed by atoms with van der Waals surface area (Å²) in [7, 11) is 1.54. The minimum Gasteiger partial charge on any atom is -0.359 e. The van der Waals surface area contributed by atoms with Gasteiger partial charge in [-0.25, -0.2) is 13.8 Å². The van der Waals surface area contributed by atoms with Crippen molar-refractivity contribution in [2.75, 3.05) is 7.05 Å². The number of aromatic nitrogens is 2. The molecule has 1 aromatic carbocycles. The van der Waals surface area contributed by atoms with Gasteiger partial charge in [-0.15, -0.1) is 11.6 Å². The van der Waals surface area contributed by atoms with E-state index in [-0.39, 0.29) is 23.8 Å². The van der Waals surface area contributed by atoms with E-state index in [0.717, 1.165) is 6.07 Å². The van der Waals surface area contributed by atoms with Gasteiger partial charge in [0, 0.05) is 19.7 Å². The molecule has 0 bridgehead atoms. The highest BCUT2D eigenvalue weighted by molar-refractivity contribution is 6.16. The Labute approximate surface area is 126 Å². The Hall–Kier alpha value is -1.69. The first-order valence-electron chi connectivity index (χ1n) is 6.42. The van der Waals surface area contributed by atoms with Crippen molar-refractivity contribution < 1.29 is 13.6 Å². The molecule has 0 saturated carbocycles. The molecule has 0 atom stereocenters. The molecule has 4 nitrogen and oxygen atoms in total. The van der Waals surface area contributed by atoms with E-state index in [2.05, 4.69) is 10.3 Å². The highest BCUT2D eigenvalue weighted by Gasteiger charge is 2.29. The Morgan fingerprint density at radius 3 is 2.67 bits per heavy atom. The lowest BCUT2D eigenvalue weighted by Gasteiger charge is -2.24. The quantitative estimate of drug-likeness (QED) is 0.882. The molecule has 0 fully saturated rings. The minimum absolute atomic E-state index is 0.0412. The SMILES string of the molecule is CNC(=O)C(C)(C)Cn1c(CCl)nc2c(F)cc(F)cc21. The predicted molar refractivity (Wildman–Crippen MR) is 77.1 cm³/mol. The van der Waals surface area contributed by atoms with Crippen LogP contribution in [0.4, 0.5) is 8.78 Å². The number of nitrogens with one attached hydrogen (secondary N) is 1. The van der Waals surface area contributed by atoms with Crippen molar-refractivity contribution in [2.24, 2.45) is 5.41 Å². The van der Waals surface area contributed by atoms with Crippen molar-refractivity contribution in [3.05, 3.63) is 29.6 Å². The molecule has 0 aliphatic carbocycles. The van der Waals surface area contributed by atoms with Gasteiger partial charge in [-0.1, -0.05) is 0 Å². The number of nitrogens with zero attached hydrogens (tertiary/aromatic N) is 2. The zero-order valence-corrected chi connectivity index (χ0v) is 12.8. The lowest BCUT2D eigenvalue weighted by molar-refractivity contribution is -0.129. The van der Waals surface area contributed by atoms with E-state index >= 15 is 0 Å². The molecule has 0 aliphatic heterocycles. The number of carbonyl (C=O) groups excluding carboxylic acids is 1. The molecular weight excluding hydrogens is 300 g/mol. The number of benzene rings is 1. The summed E-state index contributed by atoms with van der Waals surface area (Å²) in [6, 6.07) is 1.98. The fourth-order valence-electron chi connectivity index (χ4n) is 2.28. The number of hydrogen-bond acceptors (Lipinski definition) is 2. The third kappa shape index (κ3) is 2.85. The van der Waals surface area contributed by atoms with Crippen molar-refractivity contribution in [2.45, 2.75) is 26.3 Å². The number of hydrogen-bond donors (Lipinski definition) is 1. The Kier molecular flexibility index (Phi) is 4.18. The first-order valence-corrected chi connectivity index (χ1v) is 6.96. The van der Waals surface area contributed by atoms with Gasteiger partial charge in [0.1, 0.15) is 17.2 Å². The van der Waals surface area contributed by atoms with Gasteiger partial charge in [0.05, 0.1) is 16.8 Å². The molecule has 0 spiro atoms. The first-order chi connectivity index (χ1) is 9.80. The van der Waals surface area contributed by atoms with Crippen LogP contribution >= 0.6 is 11.6 Å². The molecule has 114 valence electrons. The van der Waals surface area contributed by atoms with Crippen LogP contribution in [0, 0.1) is 17.0 Å². The van der Waals surface area contributed by atoms with Crippen molar-refractivity contribution in [3.63, 3.8) is 0 Å². The Morgan fingerprint density at radius 2 is 2.10 bits per heavy atom. The highest BCUT2D eigenvalue weighted by Crippen LogP contribution is 2.27. The standard InChI is InChI=1S/C14H16ClF2N3O/c1-14(2,13(21)18-3)7-20-10-5-8(16)4-9(17)12(10)19-11(20)6-15/h4-5H,6-7H2,1-3H3,(H,18,21). The normalized spacial score (nSPS) is 11.9. The number of fused-ring (bicyclic) bond motifs is 1. The number of carbonyl (C=O) groups is 1.